The summed E-state index contributed by atoms with van der Waals surface area (Å²) in [6.07, 6.45) is -2.30. The maximum absolute atomic E-state index is 11.9. The van der Waals surface area contributed by atoms with Gasteiger partial charge in [-0.3, -0.25) is 9.48 Å². The second-order valence-corrected chi connectivity index (χ2v) is 4.27. The average Bonchev–Trinajstić information content (AvgIpc) is 2.73. The van der Waals surface area contributed by atoms with Crippen molar-refractivity contribution in [1.82, 2.24) is 15.1 Å². The molecule has 0 fully saturated rings. The highest BCUT2D eigenvalue weighted by Crippen LogP contribution is 2.21. The van der Waals surface area contributed by atoms with E-state index in [1.54, 1.807) is 0 Å². The Labute approximate surface area is 118 Å². The van der Waals surface area contributed by atoms with Crippen LogP contribution in [0.2, 0.25) is 0 Å². The van der Waals surface area contributed by atoms with Gasteiger partial charge >= 0.3 is 18.2 Å². The van der Waals surface area contributed by atoms with Gasteiger partial charge in [-0.1, -0.05) is 0 Å². The monoisotopic (exact) mass is 308 g/mol. The molecule has 7 nitrogen and oxygen atoms in total. The molecule has 1 rings (SSSR count). The van der Waals surface area contributed by atoms with Crippen LogP contribution in [-0.4, -0.2) is 39.6 Å². The Morgan fingerprint density at radius 2 is 2.05 bits per heavy atom. The van der Waals surface area contributed by atoms with Crippen LogP contribution in [0.25, 0.3) is 0 Å². The predicted molar refractivity (Wildman–Crippen MR) is 66.8 cm³/mol. The number of carbonyl (C=O) groups is 2. The molecule has 0 radical (unpaired) electrons. The number of aromatic nitrogens is 2. The third kappa shape index (κ3) is 7.80. The van der Waals surface area contributed by atoms with Crippen LogP contribution in [-0.2, 0) is 11.3 Å². The Morgan fingerprint density at radius 3 is 2.67 bits per heavy atom. The molecule has 0 saturated carbocycles. The summed E-state index contributed by atoms with van der Waals surface area (Å²) >= 11 is 0. The number of hydrogen-bond donors (Lipinski definition) is 3. The van der Waals surface area contributed by atoms with Crippen molar-refractivity contribution < 1.29 is 27.9 Å². The molecule has 0 unspecified atom stereocenters. The van der Waals surface area contributed by atoms with Gasteiger partial charge in [-0.2, -0.15) is 18.3 Å². The van der Waals surface area contributed by atoms with Gasteiger partial charge in [-0.05, 0) is 12.8 Å². The lowest BCUT2D eigenvalue weighted by Gasteiger charge is -2.07. The van der Waals surface area contributed by atoms with Gasteiger partial charge in [0.25, 0.3) is 0 Å². The number of halogens is 3. The largest absolute Gasteiger partial charge is 0.480 e. The minimum absolute atomic E-state index is 0.0552. The SMILES string of the molecule is O=C(O)Cn1cc(NC(=O)NCCCCC(F)(F)F)cn1. The first-order valence-corrected chi connectivity index (χ1v) is 6.12. The van der Waals surface area contributed by atoms with E-state index in [0.29, 0.717) is 5.69 Å². The Balaban J connectivity index is 2.21. The molecule has 21 heavy (non-hydrogen) atoms. The second-order valence-electron chi connectivity index (χ2n) is 4.27. The van der Waals surface area contributed by atoms with E-state index < -0.39 is 24.6 Å². The summed E-state index contributed by atoms with van der Waals surface area (Å²) in [5.74, 6) is -1.07. The number of anilines is 1. The van der Waals surface area contributed by atoms with Crippen LogP contribution in [0.5, 0.6) is 0 Å². The van der Waals surface area contributed by atoms with Gasteiger partial charge in [0.1, 0.15) is 6.54 Å². The van der Waals surface area contributed by atoms with Crippen molar-refractivity contribution in [2.24, 2.45) is 0 Å². The van der Waals surface area contributed by atoms with Gasteiger partial charge in [0.15, 0.2) is 0 Å². The number of hydrogen-bond acceptors (Lipinski definition) is 3. The van der Waals surface area contributed by atoms with Gasteiger partial charge in [0, 0.05) is 19.2 Å². The lowest BCUT2D eigenvalue weighted by Crippen LogP contribution is -2.29. The zero-order chi connectivity index (χ0) is 15.9. The molecule has 10 heteroatoms. The number of rotatable bonds is 7. The first kappa shape index (κ1) is 16.8. The molecule has 0 aliphatic rings. The Hall–Kier alpha value is -2.26. The average molecular weight is 308 g/mol. The van der Waals surface area contributed by atoms with Crippen LogP contribution < -0.4 is 10.6 Å². The fourth-order valence-corrected chi connectivity index (χ4v) is 1.48. The molecular weight excluding hydrogens is 293 g/mol. The van der Waals surface area contributed by atoms with E-state index in [1.165, 1.54) is 12.4 Å². The normalized spacial score (nSPS) is 11.2. The first-order chi connectivity index (χ1) is 9.76. The molecule has 2 amide bonds. The molecule has 0 atom stereocenters. The molecule has 118 valence electrons. The van der Waals surface area contributed by atoms with Crippen molar-refractivity contribution >= 4 is 17.7 Å². The third-order valence-corrected chi connectivity index (χ3v) is 2.36. The Kier molecular flexibility index (Phi) is 6.00. The van der Waals surface area contributed by atoms with Crippen LogP contribution in [0.3, 0.4) is 0 Å². The lowest BCUT2D eigenvalue weighted by atomic mass is 10.2. The van der Waals surface area contributed by atoms with E-state index in [-0.39, 0.29) is 25.9 Å². The van der Waals surface area contributed by atoms with Crippen molar-refractivity contribution in [3.63, 3.8) is 0 Å². The van der Waals surface area contributed by atoms with E-state index in [9.17, 15) is 22.8 Å². The predicted octanol–water partition coefficient (Wildman–Crippen LogP) is 1.82. The molecule has 1 heterocycles. The molecule has 3 N–H and O–H groups in total. The number of alkyl halides is 3. The summed E-state index contributed by atoms with van der Waals surface area (Å²) in [7, 11) is 0. The van der Waals surface area contributed by atoms with Crippen molar-refractivity contribution in [2.75, 3.05) is 11.9 Å². The lowest BCUT2D eigenvalue weighted by molar-refractivity contribution is -0.138. The molecule has 0 aliphatic carbocycles. The molecule has 1 aromatic rings. The maximum atomic E-state index is 11.9. The summed E-state index contributed by atoms with van der Waals surface area (Å²) < 4.78 is 36.7. The highest BCUT2D eigenvalue weighted by molar-refractivity contribution is 5.88. The number of urea groups is 1. The molecule has 1 aromatic heterocycles. The molecule has 0 saturated heterocycles. The smallest absolute Gasteiger partial charge is 0.389 e. The van der Waals surface area contributed by atoms with Crippen LogP contribution in [0.15, 0.2) is 12.4 Å². The van der Waals surface area contributed by atoms with Gasteiger partial charge in [-0.15, -0.1) is 0 Å². The van der Waals surface area contributed by atoms with E-state index in [4.69, 9.17) is 5.11 Å². The van der Waals surface area contributed by atoms with Crippen LogP contribution >= 0.6 is 0 Å². The topological polar surface area (TPSA) is 96.2 Å². The van der Waals surface area contributed by atoms with Crippen LogP contribution in [0.4, 0.5) is 23.7 Å². The molecular formula is C11H15F3N4O3. The number of carboxylic acid groups (broad SMARTS) is 1. The number of nitrogens with one attached hydrogen (secondary N) is 2. The number of amides is 2. The van der Waals surface area contributed by atoms with Gasteiger partial charge in [-0.25, -0.2) is 4.79 Å². The zero-order valence-electron chi connectivity index (χ0n) is 11.0. The molecule has 0 spiro atoms. The fraction of sp³-hybridized carbons (Fsp3) is 0.545. The standard InChI is InChI=1S/C11H15F3N4O3/c12-11(13,14)3-1-2-4-15-10(21)17-8-5-16-18(6-8)7-9(19)20/h5-6H,1-4,7H2,(H,19,20)(H2,15,17,21). The second kappa shape index (κ2) is 7.50. The zero-order valence-corrected chi connectivity index (χ0v) is 11.0. The summed E-state index contributed by atoms with van der Waals surface area (Å²) in [4.78, 5) is 21.8. The van der Waals surface area contributed by atoms with Gasteiger partial charge in [0.05, 0.1) is 11.9 Å². The van der Waals surface area contributed by atoms with Crippen LogP contribution in [0, 0.1) is 0 Å². The van der Waals surface area contributed by atoms with Crippen molar-refractivity contribution in [1.29, 1.82) is 0 Å². The minimum atomic E-state index is -4.18. The van der Waals surface area contributed by atoms with E-state index in [0.717, 1.165) is 4.68 Å². The highest BCUT2D eigenvalue weighted by Gasteiger charge is 2.25. The summed E-state index contributed by atoms with van der Waals surface area (Å²) in [5, 5.41) is 17.0. The molecule has 0 aromatic carbocycles. The van der Waals surface area contributed by atoms with Crippen LogP contribution in [0.1, 0.15) is 19.3 Å². The number of carbonyl (C=O) groups excluding carboxylic acids is 1. The number of nitrogens with zero attached hydrogens (tertiary/aromatic N) is 2. The van der Waals surface area contributed by atoms with E-state index >= 15 is 0 Å². The van der Waals surface area contributed by atoms with Crippen molar-refractivity contribution in [2.45, 2.75) is 32.0 Å². The highest BCUT2D eigenvalue weighted by atomic mass is 19.4. The van der Waals surface area contributed by atoms with Gasteiger partial charge < -0.3 is 15.7 Å². The van der Waals surface area contributed by atoms with Crippen molar-refractivity contribution in [3.05, 3.63) is 12.4 Å². The first-order valence-electron chi connectivity index (χ1n) is 6.12. The number of unbranched alkanes of at least 4 members (excludes halogenated alkanes) is 1. The third-order valence-electron chi connectivity index (χ3n) is 2.36. The number of carboxylic acids is 1. The van der Waals surface area contributed by atoms with E-state index in [2.05, 4.69) is 15.7 Å². The van der Waals surface area contributed by atoms with E-state index in [1.807, 2.05) is 0 Å². The number of aliphatic carboxylic acids is 1. The van der Waals surface area contributed by atoms with Crippen molar-refractivity contribution in [3.8, 4) is 0 Å². The Bertz CT molecular complexity index is 487. The minimum Gasteiger partial charge on any atom is -0.480 e. The summed E-state index contributed by atoms with van der Waals surface area (Å²) in [5.41, 5.74) is 0.295. The van der Waals surface area contributed by atoms with Gasteiger partial charge in [0.2, 0.25) is 0 Å². The summed E-state index contributed by atoms with van der Waals surface area (Å²) in [6, 6.07) is -0.586. The molecule has 0 bridgehead atoms. The Morgan fingerprint density at radius 1 is 1.33 bits per heavy atom. The maximum Gasteiger partial charge on any atom is 0.389 e. The molecule has 0 aliphatic heterocycles. The quantitative estimate of drug-likeness (QED) is 0.669. The summed E-state index contributed by atoms with van der Waals surface area (Å²) in [6.45, 7) is -0.216. The fourth-order valence-electron chi connectivity index (χ4n) is 1.48.